The lowest BCUT2D eigenvalue weighted by Gasteiger charge is -2.12. The highest BCUT2D eigenvalue weighted by molar-refractivity contribution is 9.10. The molecule has 1 heterocycles. The molecule has 1 aromatic carbocycles. The Labute approximate surface area is 135 Å². The van der Waals surface area contributed by atoms with Gasteiger partial charge in [-0.1, -0.05) is 33.2 Å². The molecule has 2 rings (SSSR count). The van der Waals surface area contributed by atoms with Crippen LogP contribution in [0.15, 0.2) is 33.3 Å². The molecule has 21 heavy (non-hydrogen) atoms. The number of carbonyl (C=O) groups excluding carboxylic acids is 1. The third-order valence-electron chi connectivity index (χ3n) is 2.71. The first kappa shape index (κ1) is 16.0. The zero-order valence-electron chi connectivity index (χ0n) is 11.7. The molecule has 0 amide bonds. The average molecular weight is 371 g/mol. The van der Waals surface area contributed by atoms with Crippen molar-refractivity contribution in [2.24, 2.45) is 0 Å². The Balaban J connectivity index is 2.37. The number of thioether (sulfide) groups is 1. The fraction of sp³-hybridized carbons (Fsp3) is 0.357. The van der Waals surface area contributed by atoms with Crippen molar-refractivity contribution < 1.29 is 14.1 Å². The molecule has 7 heteroatoms. The zero-order valence-corrected chi connectivity index (χ0v) is 14.1. The van der Waals surface area contributed by atoms with Crippen LogP contribution < -0.4 is 0 Å². The van der Waals surface area contributed by atoms with Gasteiger partial charge in [0.25, 0.3) is 0 Å². The van der Waals surface area contributed by atoms with Gasteiger partial charge in [0.2, 0.25) is 5.89 Å². The van der Waals surface area contributed by atoms with Gasteiger partial charge in [0, 0.05) is 4.47 Å². The SMILES string of the molecule is CCOC(=O)C(c1cccc(Br)c1)c1nc(CSC)no1. The molecule has 112 valence electrons. The maximum absolute atomic E-state index is 12.3. The predicted molar refractivity (Wildman–Crippen MR) is 84.1 cm³/mol. The molecule has 0 N–H and O–H groups in total. The lowest BCUT2D eigenvalue weighted by atomic mass is 9.99. The molecule has 1 unspecified atom stereocenters. The molecule has 0 saturated carbocycles. The lowest BCUT2D eigenvalue weighted by molar-refractivity contribution is -0.144. The summed E-state index contributed by atoms with van der Waals surface area (Å²) in [4.78, 5) is 16.5. The highest BCUT2D eigenvalue weighted by Gasteiger charge is 2.30. The molecule has 1 atom stereocenters. The number of benzene rings is 1. The van der Waals surface area contributed by atoms with Crippen molar-refractivity contribution in [3.05, 3.63) is 46.0 Å². The Morgan fingerprint density at radius 3 is 3.00 bits per heavy atom. The van der Waals surface area contributed by atoms with Crippen LogP contribution in [0, 0.1) is 0 Å². The van der Waals surface area contributed by atoms with Crippen molar-refractivity contribution >= 4 is 33.7 Å². The Morgan fingerprint density at radius 2 is 2.33 bits per heavy atom. The van der Waals surface area contributed by atoms with Crippen LogP contribution in [0.5, 0.6) is 0 Å². The molecular formula is C14H15BrN2O3S. The largest absolute Gasteiger partial charge is 0.465 e. The fourth-order valence-electron chi connectivity index (χ4n) is 1.86. The zero-order chi connectivity index (χ0) is 15.2. The van der Waals surface area contributed by atoms with E-state index >= 15 is 0 Å². The summed E-state index contributed by atoms with van der Waals surface area (Å²) in [5.74, 6) is 0.371. The van der Waals surface area contributed by atoms with Gasteiger partial charge >= 0.3 is 5.97 Å². The average Bonchev–Trinajstić information content (AvgIpc) is 2.88. The number of esters is 1. The van der Waals surface area contributed by atoms with Crippen molar-refractivity contribution in [1.29, 1.82) is 0 Å². The standard InChI is InChI=1S/C14H15BrN2O3S/c1-3-19-14(18)12(9-5-4-6-10(15)7-9)13-16-11(8-21-2)17-20-13/h4-7,12H,3,8H2,1-2H3. The minimum Gasteiger partial charge on any atom is -0.465 e. The van der Waals surface area contributed by atoms with Crippen molar-refractivity contribution in [2.75, 3.05) is 12.9 Å². The fourth-order valence-corrected chi connectivity index (χ4v) is 2.66. The van der Waals surface area contributed by atoms with Crippen LogP contribution in [0.2, 0.25) is 0 Å². The van der Waals surface area contributed by atoms with Gasteiger partial charge in [-0.3, -0.25) is 4.79 Å². The van der Waals surface area contributed by atoms with E-state index in [1.54, 1.807) is 18.7 Å². The van der Waals surface area contributed by atoms with Gasteiger partial charge in [-0.2, -0.15) is 16.7 Å². The number of halogens is 1. The molecular weight excluding hydrogens is 356 g/mol. The summed E-state index contributed by atoms with van der Waals surface area (Å²) in [7, 11) is 0. The Bertz CT molecular complexity index is 618. The molecule has 0 aliphatic heterocycles. The molecule has 0 radical (unpaired) electrons. The van der Waals surface area contributed by atoms with Gasteiger partial charge in [-0.05, 0) is 30.9 Å². The van der Waals surface area contributed by atoms with Crippen LogP contribution >= 0.6 is 27.7 Å². The minimum atomic E-state index is -0.703. The quantitative estimate of drug-likeness (QED) is 0.726. The van der Waals surface area contributed by atoms with Gasteiger partial charge in [0.05, 0.1) is 12.4 Å². The molecule has 0 aliphatic rings. The van der Waals surface area contributed by atoms with E-state index in [0.717, 1.165) is 10.0 Å². The number of hydrogen-bond acceptors (Lipinski definition) is 6. The third kappa shape index (κ3) is 4.07. The van der Waals surface area contributed by atoms with Crippen molar-refractivity contribution in [3.8, 4) is 0 Å². The van der Waals surface area contributed by atoms with E-state index in [0.29, 0.717) is 18.2 Å². The van der Waals surface area contributed by atoms with E-state index in [1.165, 1.54) is 0 Å². The topological polar surface area (TPSA) is 65.2 Å². The number of ether oxygens (including phenoxy) is 1. The Morgan fingerprint density at radius 1 is 1.52 bits per heavy atom. The van der Waals surface area contributed by atoms with E-state index in [4.69, 9.17) is 9.26 Å². The van der Waals surface area contributed by atoms with E-state index in [9.17, 15) is 4.79 Å². The highest BCUT2D eigenvalue weighted by atomic mass is 79.9. The second kappa shape index (κ2) is 7.61. The van der Waals surface area contributed by atoms with Crippen LogP contribution in [-0.4, -0.2) is 29.0 Å². The second-order valence-corrected chi connectivity index (χ2v) is 6.00. The van der Waals surface area contributed by atoms with E-state index in [1.807, 2.05) is 30.5 Å². The predicted octanol–water partition coefficient (Wildman–Crippen LogP) is 3.39. The molecule has 0 bridgehead atoms. The molecule has 0 aliphatic carbocycles. The number of aromatic nitrogens is 2. The van der Waals surface area contributed by atoms with Gasteiger partial charge in [-0.15, -0.1) is 0 Å². The number of nitrogens with zero attached hydrogens (tertiary/aromatic N) is 2. The van der Waals surface area contributed by atoms with Gasteiger partial charge < -0.3 is 9.26 Å². The maximum atomic E-state index is 12.3. The Hall–Kier alpha value is -1.34. The normalized spacial score (nSPS) is 12.1. The molecule has 0 fully saturated rings. The lowest BCUT2D eigenvalue weighted by Crippen LogP contribution is -2.17. The van der Waals surface area contributed by atoms with E-state index < -0.39 is 11.9 Å². The van der Waals surface area contributed by atoms with Crippen LogP contribution in [-0.2, 0) is 15.3 Å². The molecule has 1 aromatic heterocycles. The van der Waals surface area contributed by atoms with Crippen LogP contribution in [0.1, 0.15) is 30.1 Å². The maximum Gasteiger partial charge on any atom is 0.323 e. The van der Waals surface area contributed by atoms with Crippen LogP contribution in [0.3, 0.4) is 0 Å². The monoisotopic (exact) mass is 370 g/mol. The third-order valence-corrected chi connectivity index (χ3v) is 3.75. The van der Waals surface area contributed by atoms with E-state index in [2.05, 4.69) is 26.1 Å². The van der Waals surface area contributed by atoms with E-state index in [-0.39, 0.29) is 5.89 Å². The van der Waals surface area contributed by atoms with Gasteiger partial charge in [0.15, 0.2) is 11.7 Å². The summed E-state index contributed by atoms with van der Waals surface area (Å²) in [6.07, 6.45) is 1.95. The molecule has 2 aromatic rings. The number of carbonyl (C=O) groups is 1. The molecule has 0 saturated heterocycles. The van der Waals surface area contributed by atoms with Crippen molar-refractivity contribution in [3.63, 3.8) is 0 Å². The summed E-state index contributed by atoms with van der Waals surface area (Å²) in [6, 6.07) is 7.42. The summed E-state index contributed by atoms with van der Waals surface area (Å²) in [6.45, 7) is 2.07. The smallest absolute Gasteiger partial charge is 0.323 e. The molecule has 0 spiro atoms. The van der Waals surface area contributed by atoms with Crippen LogP contribution in [0.25, 0.3) is 0 Å². The summed E-state index contributed by atoms with van der Waals surface area (Å²) in [5, 5.41) is 3.89. The summed E-state index contributed by atoms with van der Waals surface area (Å²) >= 11 is 4.99. The second-order valence-electron chi connectivity index (χ2n) is 4.22. The Kier molecular flexibility index (Phi) is 5.81. The number of hydrogen-bond donors (Lipinski definition) is 0. The first-order valence-corrected chi connectivity index (χ1v) is 8.58. The van der Waals surface area contributed by atoms with Gasteiger partial charge in [-0.25, -0.2) is 0 Å². The van der Waals surface area contributed by atoms with Gasteiger partial charge in [0.1, 0.15) is 0 Å². The minimum absolute atomic E-state index is 0.260. The van der Waals surface area contributed by atoms with Crippen LogP contribution in [0.4, 0.5) is 0 Å². The number of rotatable bonds is 6. The molecule has 5 nitrogen and oxygen atoms in total. The summed E-state index contributed by atoms with van der Waals surface area (Å²) in [5.41, 5.74) is 0.752. The summed E-state index contributed by atoms with van der Waals surface area (Å²) < 4.78 is 11.3. The first-order valence-electron chi connectivity index (χ1n) is 6.39. The highest BCUT2D eigenvalue weighted by Crippen LogP contribution is 2.27. The van der Waals surface area contributed by atoms with Crippen molar-refractivity contribution in [1.82, 2.24) is 10.1 Å². The first-order chi connectivity index (χ1) is 10.2. The van der Waals surface area contributed by atoms with Crippen molar-refractivity contribution in [2.45, 2.75) is 18.6 Å².